The van der Waals surface area contributed by atoms with Gasteiger partial charge in [-0.15, -0.1) is 0 Å². The van der Waals surface area contributed by atoms with Crippen LogP contribution < -0.4 is 14.2 Å². The van der Waals surface area contributed by atoms with Crippen molar-refractivity contribution in [3.05, 3.63) is 45.9 Å². The zero-order valence-electron chi connectivity index (χ0n) is 12.9. The minimum absolute atomic E-state index is 0.0335. The predicted octanol–water partition coefficient (Wildman–Crippen LogP) is 3.31. The van der Waals surface area contributed by atoms with E-state index in [1.165, 1.54) is 16.4 Å². The fourth-order valence-corrected chi connectivity index (χ4v) is 4.87. The second kappa shape index (κ2) is 6.25. The van der Waals surface area contributed by atoms with Crippen LogP contribution in [-0.2, 0) is 16.6 Å². The van der Waals surface area contributed by atoms with Crippen molar-refractivity contribution in [1.82, 2.24) is 4.31 Å². The highest BCUT2D eigenvalue weighted by molar-refractivity contribution is 7.89. The van der Waals surface area contributed by atoms with Gasteiger partial charge in [-0.1, -0.05) is 29.3 Å². The lowest BCUT2D eigenvalue weighted by molar-refractivity contribution is 0.169. The number of sulfonamides is 1. The molecule has 0 bridgehead atoms. The Balaban J connectivity index is 1.66. The van der Waals surface area contributed by atoms with Gasteiger partial charge in [-0.3, -0.25) is 0 Å². The lowest BCUT2D eigenvalue weighted by Gasteiger charge is -2.29. The Morgan fingerprint density at radius 2 is 1.76 bits per heavy atom. The van der Waals surface area contributed by atoms with Crippen LogP contribution >= 0.6 is 23.2 Å². The van der Waals surface area contributed by atoms with Gasteiger partial charge in [0.15, 0.2) is 24.0 Å². The molecule has 0 spiro atoms. The average Bonchev–Trinajstić information content (AvgIpc) is 2.58. The lowest BCUT2D eigenvalue weighted by Crippen LogP contribution is -2.38. The van der Waals surface area contributed by atoms with Crippen LogP contribution in [-0.4, -0.2) is 32.7 Å². The quantitative estimate of drug-likeness (QED) is 0.772. The fourth-order valence-electron chi connectivity index (χ4n) is 2.73. The maximum absolute atomic E-state index is 12.9. The number of halogens is 2. The molecule has 0 aromatic heterocycles. The molecule has 0 N–H and O–H groups in total. The van der Waals surface area contributed by atoms with E-state index in [4.69, 9.17) is 37.4 Å². The molecular formula is C16H13Cl2NO5S. The van der Waals surface area contributed by atoms with Crippen LogP contribution in [0.5, 0.6) is 17.2 Å². The number of benzene rings is 2. The third-order valence-corrected chi connectivity index (χ3v) is 6.18. The molecule has 0 saturated heterocycles. The van der Waals surface area contributed by atoms with Crippen molar-refractivity contribution in [1.29, 1.82) is 0 Å². The Bertz CT molecular complexity index is 948. The molecule has 0 atom stereocenters. The third-order valence-electron chi connectivity index (χ3n) is 3.91. The number of ether oxygens (including phenoxy) is 3. The van der Waals surface area contributed by atoms with Crippen molar-refractivity contribution in [2.24, 2.45) is 0 Å². The Hall–Kier alpha value is -1.67. The minimum Gasteiger partial charge on any atom is -0.486 e. The third kappa shape index (κ3) is 3.01. The van der Waals surface area contributed by atoms with Gasteiger partial charge in [-0.05, 0) is 29.8 Å². The van der Waals surface area contributed by atoms with Gasteiger partial charge in [0.1, 0.15) is 18.1 Å². The molecule has 9 heteroatoms. The molecule has 0 unspecified atom stereocenters. The van der Waals surface area contributed by atoms with E-state index in [1.807, 2.05) is 0 Å². The normalized spacial score (nSPS) is 18.3. The number of hydrogen-bond donors (Lipinski definition) is 0. The second-order valence-corrected chi connectivity index (χ2v) is 8.33. The van der Waals surface area contributed by atoms with E-state index in [9.17, 15) is 8.42 Å². The van der Waals surface area contributed by atoms with Crippen LogP contribution in [0.4, 0.5) is 0 Å². The molecule has 4 rings (SSSR count). The molecule has 0 aliphatic carbocycles. The molecular weight excluding hydrogens is 389 g/mol. The Kier molecular flexibility index (Phi) is 4.19. The highest BCUT2D eigenvalue weighted by Crippen LogP contribution is 2.40. The molecule has 0 amide bonds. The first kappa shape index (κ1) is 16.8. The highest BCUT2D eigenvalue weighted by atomic mass is 35.5. The SMILES string of the molecule is O=S1(=O)c2cc(Cl)cc(Cl)c2OCN1Cc1ccc2c(c1)OCCO2. The van der Waals surface area contributed by atoms with Gasteiger partial charge in [0.05, 0.1) is 5.02 Å². The number of nitrogens with zero attached hydrogens (tertiary/aromatic N) is 1. The van der Waals surface area contributed by atoms with Crippen molar-refractivity contribution in [2.45, 2.75) is 11.4 Å². The Morgan fingerprint density at radius 1 is 1.00 bits per heavy atom. The zero-order chi connectivity index (χ0) is 17.6. The summed E-state index contributed by atoms with van der Waals surface area (Å²) in [6, 6.07) is 8.12. The molecule has 0 saturated carbocycles. The minimum atomic E-state index is -3.78. The molecule has 2 heterocycles. The van der Waals surface area contributed by atoms with Crippen molar-refractivity contribution in [3.63, 3.8) is 0 Å². The van der Waals surface area contributed by atoms with Crippen LogP contribution in [0.25, 0.3) is 0 Å². The van der Waals surface area contributed by atoms with Crippen LogP contribution in [0.3, 0.4) is 0 Å². The fraction of sp³-hybridized carbons (Fsp3) is 0.250. The first-order valence-electron chi connectivity index (χ1n) is 7.46. The summed E-state index contributed by atoms with van der Waals surface area (Å²) in [4.78, 5) is -0.0335. The van der Waals surface area contributed by atoms with E-state index in [0.29, 0.717) is 24.7 Å². The monoisotopic (exact) mass is 401 g/mol. The molecule has 25 heavy (non-hydrogen) atoms. The van der Waals surface area contributed by atoms with E-state index in [0.717, 1.165) is 5.56 Å². The van der Waals surface area contributed by atoms with Crippen molar-refractivity contribution < 1.29 is 22.6 Å². The van der Waals surface area contributed by atoms with Crippen molar-refractivity contribution in [3.8, 4) is 17.2 Å². The average molecular weight is 402 g/mol. The summed E-state index contributed by atoms with van der Waals surface area (Å²) in [7, 11) is -3.78. The van der Waals surface area contributed by atoms with Gasteiger partial charge in [0.25, 0.3) is 0 Å². The predicted molar refractivity (Wildman–Crippen MR) is 92.1 cm³/mol. The van der Waals surface area contributed by atoms with Gasteiger partial charge in [-0.25, -0.2) is 8.42 Å². The lowest BCUT2D eigenvalue weighted by atomic mass is 10.2. The van der Waals surface area contributed by atoms with E-state index in [-0.39, 0.29) is 34.0 Å². The van der Waals surface area contributed by atoms with Crippen LogP contribution in [0.15, 0.2) is 35.2 Å². The highest BCUT2D eigenvalue weighted by Gasteiger charge is 2.35. The van der Waals surface area contributed by atoms with E-state index in [2.05, 4.69) is 0 Å². The number of rotatable bonds is 2. The summed E-state index contributed by atoms with van der Waals surface area (Å²) in [5.41, 5.74) is 0.757. The van der Waals surface area contributed by atoms with Crippen molar-refractivity contribution >= 4 is 33.2 Å². The van der Waals surface area contributed by atoms with Gasteiger partial charge in [-0.2, -0.15) is 4.31 Å². The van der Waals surface area contributed by atoms with Crippen LogP contribution in [0.1, 0.15) is 5.56 Å². The van der Waals surface area contributed by atoms with E-state index < -0.39 is 10.0 Å². The van der Waals surface area contributed by atoms with Crippen molar-refractivity contribution in [2.75, 3.05) is 19.9 Å². The van der Waals surface area contributed by atoms with Gasteiger partial charge in [0, 0.05) is 11.6 Å². The summed E-state index contributed by atoms with van der Waals surface area (Å²) >= 11 is 12.0. The first-order chi connectivity index (χ1) is 11.9. The Labute approximate surface area is 154 Å². The molecule has 0 radical (unpaired) electrons. The summed E-state index contributed by atoms with van der Waals surface area (Å²) in [5, 5.41) is 0.405. The molecule has 132 valence electrons. The maximum Gasteiger partial charge on any atom is 0.249 e. The summed E-state index contributed by atoms with van der Waals surface area (Å²) < 4.78 is 43.5. The summed E-state index contributed by atoms with van der Waals surface area (Å²) in [6.07, 6.45) is 0. The second-order valence-electron chi connectivity index (χ2n) is 5.58. The summed E-state index contributed by atoms with van der Waals surface area (Å²) in [5.74, 6) is 1.38. The van der Waals surface area contributed by atoms with Gasteiger partial charge < -0.3 is 14.2 Å². The zero-order valence-corrected chi connectivity index (χ0v) is 15.2. The van der Waals surface area contributed by atoms with E-state index in [1.54, 1.807) is 18.2 Å². The number of hydrogen-bond acceptors (Lipinski definition) is 5. The molecule has 2 aromatic carbocycles. The first-order valence-corrected chi connectivity index (χ1v) is 9.65. The maximum atomic E-state index is 12.9. The molecule has 2 aliphatic rings. The van der Waals surface area contributed by atoms with Crippen LogP contribution in [0.2, 0.25) is 10.0 Å². The topological polar surface area (TPSA) is 65.1 Å². The Morgan fingerprint density at radius 3 is 2.56 bits per heavy atom. The van der Waals surface area contributed by atoms with Gasteiger partial charge in [0.2, 0.25) is 10.0 Å². The standard InChI is InChI=1S/C16H13Cl2NO5S/c17-11-6-12(18)16-15(7-11)25(20,21)19(9-24-16)8-10-1-2-13-14(5-10)23-4-3-22-13/h1-2,5-7H,3-4,8-9H2. The molecule has 6 nitrogen and oxygen atoms in total. The molecule has 2 aromatic rings. The van der Waals surface area contributed by atoms with Gasteiger partial charge >= 0.3 is 0 Å². The largest absolute Gasteiger partial charge is 0.486 e. The number of fused-ring (bicyclic) bond motifs is 2. The summed E-state index contributed by atoms with van der Waals surface area (Å²) in [6.45, 7) is 0.957. The molecule has 0 fully saturated rings. The smallest absolute Gasteiger partial charge is 0.249 e. The molecule has 2 aliphatic heterocycles. The van der Waals surface area contributed by atoms with E-state index >= 15 is 0 Å². The van der Waals surface area contributed by atoms with Crippen LogP contribution in [0, 0.1) is 0 Å².